The number of hydrogen-bond acceptors (Lipinski definition) is 3. The number of carbonyl (C=O) groups is 1. The lowest BCUT2D eigenvalue weighted by atomic mass is 10.1. The first-order chi connectivity index (χ1) is 8.25. The summed E-state index contributed by atoms with van der Waals surface area (Å²) in [5, 5.41) is 12.1. The van der Waals surface area contributed by atoms with E-state index in [4.69, 9.17) is 9.84 Å². The van der Waals surface area contributed by atoms with Gasteiger partial charge in [0.05, 0.1) is 18.3 Å². The minimum atomic E-state index is -0.894. The second-order valence-corrected chi connectivity index (χ2v) is 4.28. The quantitative estimate of drug-likeness (QED) is 0.833. The van der Waals surface area contributed by atoms with Gasteiger partial charge in [0.2, 0.25) is 0 Å². The maximum Gasteiger partial charge on any atom is 0.335 e. The molecule has 0 bridgehead atoms. The van der Waals surface area contributed by atoms with Gasteiger partial charge in [-0.25, -0.2) is 4.79 Å². The average molecular weight is 235 g/mol. The van der Waals surface area contributed by atoms with Gasteiger partial charge in [-0.3, -0.25) is 0 Å². The van der Waals surface area contributed by atoms with Gasteiger partial charge < -0.3 is 15.2 Å². The largest absolute Gasteiger partial charge is 0.478 e. The van der Waals surface area contributed by atoms with Crippen molar-refractivity contribution in [3.05, 3.63) is 35.4 Å². The summed E-state index contributed by atoms with van der Waals surface area (Å²) >= 11 is 0. The second kappa shape index (κ2) is 5.80. The summed E-state index contributed by atoms with van der Waals surface area (Å²) in [6.07, 6.45) is 2.53. The van der Waals surface area contributed by atoms with Gasteiger partial charge in [0, 0.05) is 6.54 Å². The average Bonchev–Trinajstić information content (AvgIpc) is 2.38. The smallest absolute Gasteiger partial charge is 0.335 e. The summed E-state index contributed by atoms with van der Waals surface area (Å²) < 4.78 is 5.76. The van der Waals surface area contributed by atoms with Crippen LogP contribution in [0, 0.1) is 0 Å². The van der Waals surface area contributed by atoms with Gasteiger partial charge in [0.15, 0.2) is 0 Å². The molecule has 2 rings (SSSR count). The summed E-state index contributed by atoms with van der Waals surface area (Å²) in [5.74, 6) is -0.894. The summed E-state index contributed by atoms with van der Waals surface area (Å²) in [6.45, 7) is 2.53. The molecule has 1 aliphatic rings. The maximum atomic E-state index is 10.7. The Kier molecular flexibility index (Phi) is 4.12. The number of piperidine rings is 1. The number of carboxylic acids is 1. The van der Waals surface area contributed by atoms with Crippen LogP contribution in [-0.4, -0.2) is 30.3 Å². The van der Waals surface area contributed by atoms with E-state index in [1.807, 2.05) is 0 Å². The van der Waals surface area contributed by atoms with Crippen molar-refractivity contribution in [2.45, 2.75) is 25.6 Å². The van der Waals surface area contributed by atoms with E-state index in [1.165, 1.54) is 0 Å². The summed E-state index contributed by atoms with van der Waals surface area (Å²) in [5.41, 5.74) is 1.33. The predicted molar refractivity (Wildman–Crippen MR) is 64.1 cm³/mol. The first kappa shape index (κ1) is 12.1. The van der Waals surface area contributed by atoms with Crippen molar-refractivity contribution in [3.63, 3.8) is 0 Å². The maximum absolute atomic E-state index is 10.7. The van der Waals surface area contributed by atoms with E-state index < -0.39 is 5.97 Å². The molecule has 1 aromatic carbocycles. The molecule has 92 valence electrons. The molecule has 1 saturated heterocycles. The monoisotopic (exact) mass is 235 g/mol. The Morgan fingerprint density at radius 3 is 2.76 bits per heavy atom. The number of aromatic carboxylic acids is 1. The minimum absolute atomic E-state index is 0.280. The van der Waals surface area contributed by atoms with Crippen molar-refractivity contribution in [1.82, 2.24) is 5.32 Å². The number of nitrogens with one attached hydrogen (secondary N) is 1. The zero-order valence-corrected chi connectivity index (χ0v) is 9.69. The Morgan fingerprint density at radius 2 is 2.18 bits per heavy atom. The van der Waals surface area contributed by atoms with Crippen LogP contribution in [0.15, 0.2) is 24.3 Å². The van der Waals surface area contributed by atoms with Gasteiger partial charge in [-0.15, -0.1) is 0 Å². The third-order valence-electron chi connectivity index (χ3n) is 2.94. The Bertz CT molecular complexity index is 369. The zero-order valence-electron chi connectivity index (χ0n) is 9.69. The third-order valence-corrected chi connectivity index (χ3v) is 2.94. The van der Waals surface area contributed by atoms with E-state index in [9.17, 15) is 4.79 Å². The number of rotatable bonds is 4. The third kappa shape index (κ3) is 3.54. The summed E-state index contributed by atoms with van der Waals surface area (Å²) in [4.78, 5) is 10.7. The summed E-state index contributed by atoms with van der Waals surface area (Å²) in [6, 6.07) is 6.83. The van der Waals surface area contributed by atoms with Crippen molar-refractivity contribution in [2.75, 3.05) is 13.1 Å². The molecule has 0 saturated carbocycles. The lowest BCUT2D eigenvalue weighted by Gasteiger charge is -2.23. The van der Waals surface area contributed by atoms with Crippen molar-refractivity contribution in [3.8, 4) is 0 Å². The molecular weight excluding hydrogens is 218 g/mol. The highest BCUT2D eigenvalue weighted by Gasteiger charge is 2.13. The van der Waals surface area contributed by atoms with Crippen molar-refractivity contribution in [2.24, 2.45) is 0 Å². The topological polar surface area (TPSA) is 58.6 Å². The van der Waals surface area contributed by atoms with Crippen LogP contribution in [0.5, 0.6) is 0 Å². The lowest BCUT2D eigenvalue weighted by molar-refractivity contribution is 0.0253. The van der Waals surface area contributed by atoms with E-state index in [0.29, 0.717) is 12.2 Å². The Balaban J connectivity index is 1.84. The van der Waals surface area contributed by atoms with Crippen molar-refractivity contribution < 1.29 is 14.6 Å². The molecule has 0 radical (unpaired) electrons. The lowest BCUT2D eigenvalue weighted by Crippen LogP contribution is -2.35. The molecule has 4 heteroatoms. The highest BCUT2D eigenvalue weighted by atomic mass is 16.5. The molecule has 4 nitrogen and oxygen atoms in total. The molecule has 1 heterocycles. The first-order valence-electron chi connectivity index (χ1n) is 5.90. The van der Waals surface area contributed by atoms with Crippen LogP contribution in [0.4, 0.5) is 0 Å². The Labute approximate surface area is 101 Å². The number of hydrogen-bond donors (Lipinski definition) is 2. The highest BCUT2D eigenvalue weighted by Crippen LogP contribution is 2.11. The number of benzene rings is 1. The van der Waals surface area contributed by atoms with E-state index in [-0.39, 0.29) is 6.10 Å². The van der Waals surface area contributed by atoms with Gasteiger partial charge in [0.25, 0.3) is 0 Å². The Morgan fingerprint density at radius 1 is 1.41 bits per heavy atom. The molecule has 1 atom stereocenters. The predicted octanol–water partition coefficient (Wildman–Crippen LogP) is 1.65. The molecule has 17 heavy (non-hydrogen) atoms. The number of ether oxygens (including phenoxy) is 1. The van der Waals surface area contributed by atoms with Crippen LogP contribution in [0.3, 0.4) is 0 Å². The highest BCUT2D eigenvalue weighted by molar-refractivity contribution is 5.87. The summed E-state index contributed by atoms with van der Waals surface area (Å²) in [7, 11) is 0. The Hall–Kier alpha value is -1.39. The fourth-order valence-electron chi connectivity index (χ4n) is 1.92. The molecule has 1 fully saturated rings. The molecule has 0 amide bonds. The fourth-order valence-corrected chi connectivity index (χ4v) is 1.92. The van der Waals surface area contributed by atoms with Crippen LogP contribution in [0.25, 0.3) is 0 Å². The molecule has 0 spiro atoms. The van der Waals surface area contributed by atoms with E-state index in [2.05, 4.69) is 5.32 Å². The van der Waals surface area contributed by atoms with Gasteiger partial charge in [-0.1, -0.05) is 12.1 Å². The minimum Gasteiger partial charge on any atom is -0.478 e. The zero-order chi connectivity index (χ0) is 12.1. The van der Waals surface area contributed by atoms with Gasteiger partial charge in [-0.2, -0.15) is 0 Å². The molecule has 2 N–H and O–H groups in total. The van der Waals surface area contributed by atoms with Crippen LogP contribution in [0.2, 0.25) is 0 Å². The first-order valence-corrected chi connectivity index (χ1v) is 5.90. The standard InChI is InChI=1S/C13H17NO3/c15-13(16)11-5-3-10(4-6-11)9-17-12-2-1-7-14-8-12/h3-6,12,14H,1-2,7-9H2,(H,15,16). The van der Waals surface area contributed by atoms with E-state index >= 15 is 0 Å². The normalized spacial score (nSPS) is 20.1. The van der Waals surface area contributed by atoms with Gasteiger partial charge in [-0.05, 0) is 37.1 Å². The van der Waals surface area contributed by atoms with Crippen LogP contribution in [-0.2, 0) is 11.3 Å². The van der Waals surface area contributed by atoms with Crippen molar-refractivity contribution in [1.29, 1.82) is 0 Å². The SMILES string of the molecule is O=C(O)c1ccc(COC2CCCNC2)cc1. The van der Waals surface area contributed by atoms with Crippen LogP contribution < -0.4 is 5.32 Å². The van der Waals surface area contributed by atoms with Crippen LogP contribution >= 0.6 is 0 Å². The number of carboxylic acid groups (broad SMARTS) is 1. The molecule has 0 aliphatic carbocycles. The molecule has 1 aromatic rings. The van der Waals surface area contributed by atoms with Crippen LogP contribution in [0.1, 0.15) is 28.8 Å². The molecular formula is C13H17NO3. The van der Waals surface area contributed by atoms with Gasteiger partial charge >= 0.3 is 5.97 Å². The molecule has 1 unspecified atom stereocenters. The molecule has 1 aliphatic heterocycles. The van der Waals surface area contributed by atoms with E-state index in [0.717, 1.165) is 31.5 Å². The van der Waals surface area contributed by atoms with Gasteiger partial charge in [0.1, 0.15) is 0 Å². The van der Waals surface area contributed by atoms with Crippen molar-refractivity contribution >= 4 is 5.97 Å². The van der Waals surface area contributed by atoms with E-state index in [1.54, 1.807) is 24.3 Å². The fraction of sp³-hybridized carbons (Fsp3) is 0.462. The second-order valence-electron chi connectivity index (χ2n) is 4.28. The molecule has 0 aromatic heterocycles.